The van der Waals surface area contributed by atoms with E-state index >= 15 is 0 Å². The lowest BCUT2D eigenvalue weighted by molar-refractivity contribution is -0.145. The van der Waals surface area contributed by atoms with Crippen LogP contribution in [0.25, 0.3) is 22.4 Å². The van der Waals surface area contributed by atoms with E-state index in [9.17, 15) is 17.6 Å². The summed E-state index contributed by atoms with van der Waals surface area (Å²) >= 11 is 0. The first-order chi connectivity index (χ1) is 14.3. The van der Waals surface area contributed by atoms with Crippen molar-refractivity contribution in [2.75, 3.05) is 5.32 Å². The average molecular weight is 415 g/mol. The molecule has 0 aliphatic heterocycles. The Morgan fingerprint density at radius 1 is 0.867 bits per heavy atom. The van der Waals surface area contributed by atoms with Gasteiger partial charge in [-0.2, -0.15) is 18.2 Å². The van der Waals surface area contributed by atoms with Gasteiger partial charge < -0.3 is 5.32 Å². The van der Waals surface area contributed by atoms with Gasteiger partial charge in [0.15, 0.2) is 5.65 Å². The van der Waals surface area contributed by atoms with Crippen molar-refractivity contribution in [3.05, 3.63) is 66.3 Å². The summed E-state index contributed by atoms with van der Waals surface area (Å²) in [5.41, 5.74) is 2.44. The molecule has 0 spiro atoms. The summed E-state index contributed by atoms with van der Waals surface area (Å²) in [6, 6.07) is 5.40. The highest BCUT2D eigenvalue weighted by atomic mass is 19.4. The second kappa shape index (κ2) is 7.58. The van der Waals surface area contributed by atoms with Crippen molar-refractivity contribution in [1.29, 1.82) is 0 Å². The molecule has 0 bridgehead atoms. The number of halogens is 4. The molecule has 0 radical (unpaired) electrons. The largest absolute Gasteiger partial charge is 0.451 e. The first kappa shape index (κ1) is 19.6. The van der Waals surface area contributed by atoms with Crippen LogP contribution >= 0.6 is 0 Å². The maximum Gasteiger partial charge on any atom is 0.451 e. The zero-order chi connectivity index (χ0) is 21.3. The molecule has 0 aliphatic rings. The van der Waals surface area contributed by atoms with Gasteiger partial charge in [0.25, 0.3) is 0 Å². The first-order valence-electron chi connectivity index (χ1n) is 8.71. The molecule has 0 unspecified atom stereocenters. The van der Waals surface area contributed by atoms with Gasteiger partial charge in [-0.05, 0) is 31.2 Å². The van der Waals surface area contributed by atoms with Crippen molar-refractivity contribution in [2.45, 2.75) is 19.1 Å². The highest BCUT2D eigenvalue weighted by molar-refractivity contribution is 5.73. The second-order valence-corrected chi connectivity index (χ2v) is 6.37. The molecule has 0 amide bonds. The molecule has 0 fully saturated rings. The molecule has 0 saturated carbocycles. The minimum absolute atomic E-state index is 0.221. The lowest BCUT2D eigenvalue weighted by Crippen LogP contribution is -2.14. The number of nitrogens with zero attached hydrogens (tertiary/aromatic N) is 6. The molecule has 1 aromatic carbocycles. The third-order valence-corrected chi connectivity index (χ3v) is 4.21. The van der Waals surface area contributed by atoms with Crippen LogP contribution in [-0.2, 0) is 6.18 Å². The van der Waals surface area contributed by atoms with Crippen molar-refractivity contribution in [3.63, 3.8) is 0 Å². The van der Waals surface area contributed by atoms with E-state index in [1.54, 1.807) is 19.1 Å². The molecule has 0 aliphatic carbocycles. The summed E-state index contributed by atoms with van der Waals surface area (Å²) in [5, 5.41) is 2.97. The summed E-state index contributed by atoms with van der Waals surface area (Å²) in [6.45, 7) is 1.71. The van der Waals surface area contributed by atoms with E-state index < -0.39 is 18.0 Å². The van der Waals surface area contributed by atoms with Crippen LogP contribution in [-0.4, -0.2) is 29.9 Å². The van der Waals surface area contributed by atoms with Gasteiger partial charge in [0.05, 0.1) is 24.1 Å². The van der Waals surface area contributed by atoms with Crippen molar-refractivity contribution >= 4 is 17.1 Å². The monoisotopic (exact) mass is 415 g/mol. The molecule has 4 rings (SSSR count). The van der Waals surface area contributed by atoms with Crippen LogP contribution in [0.2, 0.25) is 0 Å². The minimum atomic E-state index is -4.60. The fourth-order valence-corrected chi connectivity index (χ4v) is 2.64. The van der Waals surface area contributed by atoms with Gasteiger partial charge in [-0.25, -0.2) is 29.3 Å². The maximum atomic E-state index is 13.1. The Kier molecular flexibility index (Phi) is 4.94. The van der Waals surface area contributed by atoms with E-state index in [0.29, 0.717) is 28.0 Å². The van der Waals surface area contributed by atoms with Crippen LogP contribution in [0, 0.1) is 5.82 Å². The van der Waals surface area contributed by atoms with Crippen LogP contribution in [0.1, 0.15) is 24.4 Å². The van der Waals surface area contributed by atoms with Gasteiger partial charge in [-0.1, -0.05) is 0 Å². The fourth-order valence-electron chi connectivity index (χ4n) is 2.64. The number of hydrogen-bond acceptors (Lipinski definition) is 7. The molecule has 7 nitrogen and oxygen atoms in total. The van der Waals surface area contributed by atoms with E-state index in [0.717, 1.165) is 12.4 Å². The average Bonchev–Trinajstić information content (AvgIpc) is 2.73. The van der Waals surface area contributed by atoms with Crippen LogP contribution in [0.5, 0.6) is 0 Å². The summed E-state index contributed by atoms with van der Waals surface area (Å²) < 4.78 is 50.8. The molecule has 3 aromatic heterocycles. The van der Waals surface area contributed by atoms with Gasteiger partial charge in [0.1, 0.15) is 11.3 Å². The molecular weight excluding hydrogens is 402 g/mol. The number of fused-ring (bicyclic) bond motifs is 1. The Labute approximate surface area is 167 Å². The number of rotatable bonds is 4. The topological polar surface area (TPSA) is 89.4 Å². The fraction of sp³-hybridized carbons (Fsp3) is 0.158. The Balaban J connectivity index is 1.53. The molecule has 30 heavy (non-hydrogen) atoms. The van der Waals surface area contributed by atoms with Crippen molar-refractivity contribution in [2.24, 2.45) is 0 Å². The van der Waals surface area contributed by atoms with E-state index in [-0.39, 0.29) is 11.8 Å². The number of nitrogens with one attached hydrogen (secondary N) is 1. The Morgan fingerprint density at radius 2 is 1.57 bits per heavy atom. The molecule has 11 heteroatoms. The lowest BCUT2D eigenvalue weighted by atomic mass is 10.1. The molecule has 3 heterocycles. The maximum absolute atomic E-state index is 13.1. The standard InChI is InChI=1S/C19H13F4N7/c1-10(12-6-25-17(26-7-12)19(21,22)23)28-18-27-9-15-16(30-18)24-8-14(29-15)11-2-4-13(20)5-3-11/h2-10H,1H3,(H,24,27,28,30)/t10-/m1/s1. The Hall–Kier alpha value is -3.76. The SMILES string of the molecule is C[C@@H](Nc1ncc2nc(-c3ccc(F)cc3)cnc2n1)c1cnc(C(F)(F)F)nc1. The number of alkyl halides is 3. The van der Waals surface area contributed by atoms with E-state index in [1.807, 2.05) is 0 Å². The van der Waals surface area contributed by atoms with Crippen molar-refractivity contribution in [3.8, 4) is 11.3 Å². The molecule has 1 N–H and O–H groups in total. The van der Waals surface area contributed by atoms with Crippen LogP contribution < -0.4 is 5.32 Å². The lowest BCUT2D eigenvalue weighted by Gasteiger charge is -2.14. The van der Waals surface area contributed by atoms with Crippen molar-refractivity contribution < 1.29 is 17.6 Å². The van der Waals surface area contributed by atoms with Crippen LogP contribution in [0.15, 0.2) is 49.1 Å². The summed E-state index contributed by atoms with van der Waals surface area (Å²) in [5.74, 6) is -1.33. The van der Waals surface area contributed by atoms with Gasteiger partial charge >= 0.3 is 6.18 Å². The van der Waals surface area contributed by atoms with Gasteiger partial charge in [-0.3, -0.25) is 0 Å². The second-order valence-electron chi connectivity index (χ2n) is 6.37. The summed E-state index contributed by atoms with van der Waals surface area (Å²) in [4.78, 5) is 23.8. The smallest absolute Gasteiger partial charge is 0.348 e. The van der Waals surface area contributed by atoms with Crippen molar-refractivity contribution in [1.82, 2.24) is 29.9 Å². The third kappa shape index (κ3) is 4.14. The minimum Gasteiger partial charge on any atom is -0.348 e. The highest BCUT2D eigenvalue weighted by Crippen LogP contribution is 2.26. The summed E-state index contributed by atoms with van der Waals surface area (Å²) in [6.07, 6.45) is 0.592. The zero-order valence-corrected chi connectivity index (χ0v) is 15.4. The summed E-state index contributed by atoms with van der Waals surface area (Å²) in [7, 11) is 0. The number of anilines is 1. The number of benzene rings is 1. The Bertz CT molecular complexity index is 1180. The molecule has 152 valence electrons. The molecular formula is C19H13F4N7. The molecule has 1 atom stereocenters. The zero-order valence-electron chi connectivity index (χ0n) is 15.4. The van der Waals surface area contributed by atoms with Gasteiger partial charge in [-0.15, -0.1) is 0 Å². The third-order valence-electron chi connectivity index (χ3n) is 4.21. The quantitative estimate of drug-likeness (QED) is 0.500. The first-order valence-corrected chi connectivity index (χ1v) is 8.71. The predicted molar refractivity (Wildman–Crippen MR) is 99.6 cm³/mol. The van der Waals surface area contributed by atoms with E-state index in [2.05, 4.69) is 35.2 Å². The highest BCUT2D eigenvalue weighted by Gasteiger charge is 2.34. The van der Waals surface area contributed by atoms with E-state index in [4.69, 9.17) is 0 Å². The number of aromatic nitrogens is 6. The Morgan fingerprint density at radius 3 is 2.23 bits per heavy atom. The normalized spacial score (nSPS) is 12.7. The predicted octanol–water partition coefficient (Wildman–Crippen LogP) is 4.21. The van der Waals surface area contributed by atoms with Gasteiger partial charge in [0.2, 0.25) is 11.8 Å². The van der Waals surface area contributed by atoms with Crippen LogP contribution in [0.3, 0.4) is 0 Å². The molecule has 0 saturated heterocycles. The molecule has 4 aromatic rings. The number of hydrogen-bond donors (Lipinski definition) is 1. The van der Waals surface area contributed by atoms with Crippen LogP contribution in [0.4, 0.5) is 23.5 Å². The van der Waals surface area contributed by atoms with E-state index in [1.165, 1.54) is 24.5 Å². The van der Waals surface area contributed by atoms with Gasteiger partial charge in [0, 0.05) is 23.5 Å².